The van der Waals surface area contributed by atoms with Crippen LogP contribution in [-0.4, -0.2) is 23.6 Å². The first-order chi connectivity index (χ1) is 13.6. The molecule has 2 aromatic carbocycles. The summed E-state index contributed by atoms with van der Waals surface area (Å²) in [6.07, 6.45) is 0.532. The topological polar surface area (TPSA) is 69.7 Å². The maximum atomic E-state index is 13.2. The van der Waals surface area contributed by atoms with Crippen LogP contribution in [0.5, 0.6) is 23.0 Å². The molecule has 0 spiro atoms. The third-order valence-electron chi connectivity index (χ3n) is 3.89. The minimum Gasteiger partial charge on any atom is -0.485 e. The normalized spacial score (nSPS) is 15.0. The molecule has 142 valence electrons. The fourth-order valence-corrected chi connectivity index (χ4v) is 2.53. The monoisotopic (exact) mass is 384 g/mol. The second-order valence-electron chi connectivity index (χ2n) is 5.93. The molecule has 3 aromatic rings. The molecule has 1 amide bonds. The van der Waals surface area contributed by atoms with Gasteiger partial charge in [0.25, 0.3) is 5.91 Å². The van der Waals surface area contributed by atoms with Crippen molar-refractivity contribution in [2.75, 3.05) is 11.9 Å². The smallest absolute Gasteiger partial charge is 0.270 e. The van der Waals surface area contributed by atoms with Crippen molar-refractivity contribution in [3.63, 3.8) is 0 Å². The maximum Gasteiger partial charge on any atom is 0.270 e. The summed E-state index contributed by atoms with van der Waals surface area (Å²) in [7, 11) is 0. The van der Waals surface area contributed by atoms with Crippen molar-refractivity contribution in [2.45, 2.75) is 6.10 Å². The van der Waals surface area contributed by atoms with Gasteiger partial charge in [-0.05, 0) is 48.5 Å². The summed E-state index contributed by atoms with van der Waals surface area (Å²) >= 11 is 0. The van der Waals surface area contributed by atoms with E-state index < -0.39 is 17.8 Å². The van der Waals surface area contributed by atoms with Gasteiger partial charge < -0.3 is 19.5 Å². The number of nitrogens with one attached hydrogen (secondary N) is 1. The molecule has 0 aliphatic carbocycles. The number of ether oxygens (including phenoxy) is 3. The zero-order valence-corrected chi connectivity index (χ0v) is 14.4. The summed E-state index contributed by atoms with van der Waals surface area (Å²) in [5.41, 5.74) is 0. The highest BCUT2D eigenvalue weighted by molar-refractivity contribution is 5.94. The quantitative estimate of drug-likeness (QED) is 0.738. The van der Waals surface area contributed by atoms with Crippen molar-refractivity contribution in [2.24, 2.45) is 0 Å². The molecule has 1 unspecified atom stereocenters. The van der Waals surface area contributed by atoms with E-state index in [-0.39, 0.29) is 18.2 Å². The van der Waals surface area contributed by atoms with Gasteiger partial charge in [0.05, 0.1) is 6.20 Å². The highest BCUT2D eigenvalue weighted by Gasteiger charge is 2.28. The number of anilines is 1. The fourth-order valence-electron chi connectivity index (χ4n) is 2.53. The Bertz CT molecular complexity index is 994. The maximum absolute atomic E-state index is 13.2. The third-order valence-corrected chi connectivity index (χ3v) is 3.89. The SMILES string of the molecule is O=C(Nc1ccc(Oc2ccc(F)cc2)cn1)C1COc2cc(F)ccc2O1. The van der Waals surface area contributed by atoms with E-state index in [0.717, 1.165) is 0 Å². The Morgan fingerprint density at radius 2 is 1.75 bits per heavy atom. The first kappa shape index (κ1) is 17.7. The van der Waals surface area contributed by atoms with Crippen molar-refractivity contribution in [1.29, 1.82) is 0 Å². The van der Waals surface area contributed by atoms with Crippen LogP contribution in [0.1, 0.15) is 0 Å². The Balaban J connectivity index is 1.37. The first-order valence-corrected chi connectivity index (χ1v) is 8.36. The van der Waals surface area contributed by atoms with Crippen LogP contribution in [-0.2, 0) is 4.79 Å². The van der Waals surface area contributed by atoms with Gasteiger partial charge in [-0.25, -0.2) is 13.8 Å². The number of pyridine rings is 1. The molecular weight excluding hydrogens is 370 g/mol. The number of fused-ring (bicyclic) bond motifs is 1. The van der Waals surface area contributed by atoms with Crippen molar-refractivity contribution in [3.05, 3.63) is 72.4 Å². The molecule has 1 aliphatic rings. The Labute approximate surface area is 158 Å². The largest absolute Gasteiger partial charge is 0.485 e. The highest BCUT2D eigenvalue weighted by atomic mass is 19.1. The van der Waals surface area contributed by atoms with Crippen LogP contribution in [0.25, 0.3) is 0 Å². The lowest BCUT2D eigenvalue weighted by atomic mass is 10.2. The van der Waals surface area contributed by atoms with E-state index in [1.807, 2.05) is 0 Å². The van der Waals surface area contributed by atoms with Gasteiger partial charge in [-0.15, -0.1) is 0 Å². The van der Waals surface area contributed by atoms with Crippen molar-refractivity contribution in [3.8, 4) is 23.0 Å². The van der Waals surface area contributed by atoms with Gasteiger partial charge in [0, 0.05) is 6.07 Å². The second kappa shape index (κ2) is 7.51. The number of halogens is 2. The lowest BCUT2D eigenvalue weighted by Gasteiger charge is -2.25. The van der Waals surface area contributed by atoms with Gasteiger partial charge in [-0.3, -0.25) is 4.79 Å². The molecule has 8 heteroatoms. The number of rotatable bonds is 4. The van der Waals surface area contributed by atoms with Crippen LogP contribution in [0.3, 0.4) is 0 Å². The number of aromatic nitrogens is 1. The van der Waals surface area contributed by atoms with Gasteiger partial charge in [-0.1, -0.05) is 0 Å². The van der Waals surface area contributed by atoms with E-state index >= 15 is 0 Å². The number of nitrogens with zero attached hydrogens (tertiary/aromatic N) is 1. The summed E-state index contributed by atoms with van der Waals surface area (Å²) in [5.74, 6) is 0.483. The molecule has 0 radical (unpaired) electrons. The molecule has 0 fully saturated rings. The molecule has 1 N–H and O–H groups in total. The zero-order chi connectivity index (χ0) is 19.5. The van der Waals surface area contributed by atoms with Crippen molar-refractivity contribution >= 4 is 11.7 Å². The molecule has 6 nitrogen and oxygen atoms in total. The number of benzene rings is 2. The first-order valence-electron chi connectivity index (χ1n) is 8.36. The number of amides is 1. The molecule has 1 atom stereocenters. The fraction of sp³-hybridized carbons (Fsp3) is 0.100. The molecule has 0 bridgehead atoms. The average Bonchev–Trinajstić information content (AvgIpc) is 2.70. The summed E-state index contributed by atoms with van der Waals surface area (Å²) in [6, 6.07) is 12.6. The van der Waals surface area contributed by atoms with Crippen LogP contribution in [0.2, 0.25) is 0 Å². The lowest BCUT2D eigenvalue weighted by Crippen LogP contribution is -2.40. The number of hydrogen-bond acceptors (Lipinski definition) is 5. The second-order valence-corrected chi connectivity index (χ2v) is 5.93. The Morgan fingerprint density at radius 3 is 2.50 bits per heavy atom. The zero-order valence-electron chi connectivity index (χ0n) is 14.4. The number of hydrogen-bond donors (Lipinski definition) is 1. The molecule has 2 heterocycles. The van der Waals surface area contributed by atoms with E-state index in [4.69, 9.17) is 14.2 Å². The van der Waals surface area contributed by atoms with Crippen molar-refractivity contribution < 1.29 is 27.8 Å². The predicted molar refractivity (Wildman–Crippen MR) is 95.7 cm³/mol. The van der Waals surface area contributed by atoms with Crippen LogP contribution in [0.4, 0.5) is 14.6 Å². The van der Waals surface area contributed by atoms with E-state index in [9.17, 15) is 13.6 Å². The Morgan fingerprint density at radius 1 is 1.00 bits per heavy atom. The molecular formula is C20H14F2N2O4. The standard InChI is InChI=1S/C20H14F2N2O4/c21-12-1-4-14(5-2-12)27-15-6-8-19(23-10-15)24-20(25)18-11-26-17-9-13(22)3-7-16(17)28-18/h1-10,18H,11H2,(H,23,24,25). The van der Waals surface area contributed by atoms with Gasteiger partial charge in [0.1, 0.15) is 35.6 Å². The highest BCUT2D eigenvalue weighted by Crippen LogP contribution is 2.32. The van der Waals surface area contributed by atoms with Crippen LogP contribution >= 0.6 is 0 Å². The molecule has 1 aliphatic heterocycles. The van der Waals surface area contributed by atoms with Gasteiger partial charge in [0.15, 0.2) is 11.5 Å². The van der Waals surface area contributed by atoms with E-state index in [2.05, 4.69) is 10.3 Å². The minimum absolute atomic E-state index is 0.0476. The minimum atomic E-state index is -0.894. The number of carbonyl (C=O) groups is 1. The van der Waals surface area contributed by atoms with E-state index in [1.165, 1.54) is 48.7 Å². The van der Waals surface area contributed by atoms with Gasteiger partial charge in [0.2, 0.25) is 6.10 Å². The Kier molecular flexibility index (Phi) is 4.76. The van der Waals surface area contributed by atoms with E-state index in [1.54, 1.807) is 12.1 Å². The average molecular weight is 384 g/mol. The van der Waals surface area contributed by atoms with Crippen LogP contribution in [0.15, 0.2) is 60.8 Å². The third kappa shape index (κ3) is 4.01. The van der Waals surface area contributed by atoms with Crippen molar-refractivity contribution in [1.82, 2.24) is 4.98 Å². The summed E-state index contributed by atoms with van der Waals surface area (Å²) < 4.78 is 42.5. The summed E-state index contributed by atoms with van der Waals surface area (Å²) in [5, 5.41) is 2.62. The molecule has 1 aromatic heterocycles. The molecule has 0 saturated carbocycles. The van der Waals surface area contributed by atoms with E-state index in [0.29, 0.717) is 23.1 Å². The Hall–Kier alpha value is -3.68. The number of carbonyl (C=O) groups excluding carboxylic acids is 1. The van der Waals surface area contributed by atoms with Crippen LogP contribution in [0, 0.1) is 11.6 Å². The van der Waals surface area contributed by atoms with Gasteiger partial charge in [-0.2, -0.15) is 0 Å². The molecule has 0 saturated heterocycles. The molecule has 4 rings (SSSR count). The van der Waals surface area contributed by atoms with Crippen LogP contribution < -0.4 is 19.5 Å². The lowest BCUT2D eigenvalue weighted by molar-refractivity contribution is -0.125. The van der Waals surface area contributed by atoms with Gasteiger partial charge >= 0.3 is 0 Å². The summed E-state index contributed by atoms with van der Waals surface area (Å²) in [4.78, 5) is 16.5. The summed E-state index contributed by atoms with van der Waals surface area (Å²) in [6.45, 7) is -0.0476. The molecule has 28 heavy (non-hydrogen) atoms. The predicted octanol–water partition coefficient (Wildman–Crippen LogP) is 3.93.